The van der Waals surface area contributed by atoms with Crippen LogP contribution in [0.4, 0.5) is 8.78 Å². The van der Waals surface area contributed by atoms with Gasteiger partial charge in [-0.05, 0) is 63.1 Å². The smallest absolute Gasteiger partial charge is 0.130 e. The lowest BCUT2D eigenvalue weighted by molar-refractivity contribution is 0.488. The molecule has 0 aliphatic heterocycles. The zero-order valence-electron chi connectivity index (χ0n) is 12.9. The molecule has 0 fully saturated rings. The van der Waals surface area contributed by atoms with Crippen LogP contribution in [0.15, 0.2) is 30.3 Å². The summed E-state index contributed by atoms with van der Waals surface area (Å²) in [6.45, 7) is 6.13. The number of rotatable bonds is 4. The zero-order valence-corrected chi connectivity index (χ0v) is 12.9. The quantitative estimate of drug-likeness (QED) is 0.880. The Balaban J connectivity index is 2.41. The van der Waals surface area contributed by atoms with Crippen LogP contribution in [0.25, 0.3) is 0 Å². The van der Waals surface area contributed by atoms with E-state index < -0.39 is 11.6 Å². The molecule has 0 saturated heterocycles. The minimum atomic E-state index is -0.503. The van der Waals surface area contributed by atoms with Gasteiger partial charge in [-0.15, -0.1) is 0 Å². The topological polar surface area (TPSA) is 12.0 Å². The average molecular weight is 289 g/mol. The highest BCUT2D eigenvalue weighted by atomic mass is 19.1. The second-order valence-electron chi connectivity index (χ2n) is 5.56. The fourth-order valence-electron chi connectivity index (χ4n) is 2.93. The number of benzene rings is 2. The number of hydrogen-bond donors (Lipinski definition) is 1. The fraction of sp³-hybridized carbons (Fsp3) is 0.333. The van der Waals surface area contributed by atoms with E-state index in [0.717, 1.165) is 16.7 Å². The number of hydrogen-bond acceptors (Lipinski definition) is 1. The van der Waals surface area contributed by atoms with Gasteiger partial charge >= 0.3 is 0 Å². The summed E-state index contributed by atoms with van der Waals surface area (Å²) in [5, 5.41) is 3.04. The van der Waals surface area contributed by atoms with Gasteiger partial charge in [-0.25, -0.2) is 8.78 Å². The Labute approximate surface area is 125 Å². The molecule has 2 aromatic carbocycles. The van der Waals surface area contributed by atoms with Gasteiger partial charge in [0.15, 0.2) is 0 Å². The van der Waals surface area contributed by atoms with Crippen LogP contribution in [0.1, 0.15) is 33.9 Å². The normalized spacial score (nSPS) is 12.5. The van der Waals surface area contributed by atoms with Crippen LogP contribution in [0, 0.1) is 32.4 Å². The Bertz CT molecular complexity index is 606. The van der Waals surface area contributed by atoms with Crippen molar-refractivity contribution >= 4 is 0 Å². The summed E-state index contributed by atoms with van der Waals surface area (Å²) in [7, 11) is 1.73. The molecule has 1 nitrogen and oxygen atoms in total. The largest absolute Gasteiger partial charge is 0.313 e. The molecule has 0 radical (unpaired) electrons. The Morgan fingerprint density at radius 3 is 2.00 bits per heavy atom. The maximum Gasteiger partial charge on any atom is 0.130 e. The van der Waals surface area contributed by atoms with Gasteiger partial charge in [0.05, 0.1) is 0 Å². The first-order valence-electron chi connectivity index (χ1n) is 7.12. The van der Waals surface area contributed by atoms with Crippen molar-refractivity contribution in [3.63, 3.8) is 0 Å². The third kappa shape index (κ3) is 3.30. The van der Waals surface area contributed by atoms with Gasteiger partial charge in [0.25, 0.3) is 0 Å². The highest BCUT2D eigenvalue weighted by molar-refractivity contribution is 5.39. The summed E-state index contributed by atoms with van der Waals surface area (Å²) in [5.41, 5.74) is 4.77. The van der Waals surface area contributed by atoms with Crippen LogP contribution in [0.3, 0.4) is 0 Å². The second-order valence-corrected chi connectivity index (χ2v) is 5.56. The third-order valence-corrected chi connectivity index (χ3v) is 3.95. The lowest BCUT2D eigenvalue weighted by atomic mass is 9.91. The first-order valence-corrected chi connectivity index (χ1v) is 7.12. The van der Waals surface area contributed by atoms with Crippen molar-refractivity contribution in [3.8, 4) is 0 Å². The van der Waals surface area contributed by atoms with Gasteiger partial charge in [0.1, 0.15) is 11.6 Å². The number of halogens is 2. The van der Waals surface area contributed by atoms with Gasteiger partial charge in [0.2, 0.25) is 0 Å². The van der Waals surface area contributed by atoms with Crippen molar-refractivity contribution in [1.29, 1.82) is 0 Å². The van der Waals surface area contributed by atoms with Crippen LogP contribution in [0.2, 0.25) is 0 Å². The average Bonchev–Trinajstić information content (AvgIpc) is 2.40. The van der Waals surface area contributed by atoms with Crippen molar-refractivity contribution in [2.75, 3.05) is 7.05 Å². The van der Waals surface area contributed by atoms with E-state index in [-0.39, 0.29) is 11.6 Å². The Morgan fingerprint density at radius 2 is 1.52 bits per heavy atom. The SMILES string of the molecule is CNC(Cc1c(C)cc(C)cc1C)c1c(F)cccc1F. The minimum Gasteiger partial charge on any atom is -0.313 e. The Hall–Kier alpha value is -1.74. The molecule has 1 N–H and O–H groups in total. The lowest BCUT2D eigenvalue weighted by Gasteiger charge is -2.21. The van der Waals surface area contributed by atoms with Crippen LogP contribution in [0.5, 0.6) is 0 Å². The molecule has 112 valence electrons. The monoisotopic (exact) mass is 289 g/mol. The van der Waals surface area contributed by atoms with E-state index in [0.29, 0.717) is 6.42 Å². The third-order valence-electron chi connectivity index (χ3n) is 3.95. The highest BCUT2D eigenvalue weighted by Crippen LogP contribution is 2.27. The van der Waals surface area contributed by atoms with Crippen LogP contribution >= 0.6 is 0 Å². The van der Waals surface area contributed by atoms with Crippen molar-refractivity contribution in [3.05, 3.63) is 69.8 Å². The fourth-order valence-corrected chi connectivity index (χ4v) is 2.93. The standard InChI is InChI=1S/C18H21F2N/c1-11-8-12(2)14(13(3)9-11)10-17(21-4)18-15(19)6-5-7-16(18)20/h5-9,17,21H,10H2,1-4H3. The molecule has 3 heteroatoms. The van der Waals surface area contributed by atoms with E-state index in [4.69, 9.17) is 0 Å². The summed E-state index contributed by atoms with van der Waals surface area (Å²) in [6.07, 6.45) is 0.562. The molecule has 0 spiro atoms. The van der Waals surface area contributed by atoms with Gasteiger partial charge in [0, 0.05) is 11.6 Å². The molecule has 21 heavy (non-hydrogen) atoms. The maximum atomic E-state index is 14.0. The first kappa shape index (κ1) is 15.6. The molecular formula is C18H21F2N. The molecule has 0 bridgehead atoms. The first-order chi connectivity index (χ1) is 9.93. The van der Waals surface area contributed by atoms with Gasteiger partial charge in [-0.3, -0.25) is 0 Å². The van der Waals surface area contributed by atoms with Crippen LogP contribution in [-0.4, -0.2) is 7.05 Å². The van der Waals surface area contributed by atoms with Gasteiger partial charge < -0.3 is 5.32 Å². The van der Waals surface area contributed by atoms with E-state index >= 15 is 0 Å². The molecule has 1 unspecified atom stereocenters. The molecular weight excluding hydrogens is 268 g/mol. The summed E-state index contributed by atoms with van der Waals surface area (Å²) in [5.74, 6) is -1.01. The number of aryl methyl sites for hydroxylation is 3. The van der Waals surface area contributed by atoms with Crippen LogP contribution < -0.4 is 5.32 Å². The summed E-state index contributed by atoms with van der Waals surface area (Å²) in [4.78, 5) is 0. The number of nitrogens with one attached hydrogen (secondary N) is 1. The zero-order chi connectivity index (χ0) is 15.6. The second kappa shape index (κ2) is 6.35. The molecule has 2 rings (SSSR count). The molecule has 2 aromatic rings. The molecule has 0 aliphatic rings. The van der Waals surface area contributed by atoms with Crippen molar-refractivity contribution in [2.45, 2.75) is 33.2 Å². The summed E-state index contributed by atoms with van der Waals surface area (Å²) < 4.78 is 28.0. The summed E-state index contributed by atoms with van der Waals surface area (Å²) >= 11 is 0. The maximum absolute atomic E-state index is 14.0. The number of likely N-dealkylation sites (N-methyl/N-ethyl adjacent to an activating group) is 1. The predicted octanol–water partition coefficient (Wildman–Crippen LogP) is 4.39. The molecule has 0 amide bonds. The predicted molar refractivity (Wildman–Crippen MR) is 82.5 cm³/mol. The van der Waals surface area contributed by atoms with E-state index in [1.165, 1.54) is 23.8 Å². The van der Waals surface area contributed by atoms with Crippen LogP contribution in [-0.2, 0) is 6.42 Å². The van der Waals surface area contributed by atoms with E-state index in [1.807, 2.05) is 13.8 Å². The minimum absolute atomic E-state index is 0.111. The summed E-state index contributed by atoms with van der Waals surface area (Å²) in [6, 6.07) is 7.82. The Kier molecular flexibility index (Phi) is 4.73. The molecule has 0 aliphatic carbocycles. The molecule has 0 heterocycles. The lowest BCUT2D eigenvalue weighted by Crippen LogP contribution is -2.22. The van der Waals surface area contributed by atoms with E-state index in [1.54, 1.807) is 7.05 Å². The van der Waals surface area contributed by atoms with Gasteiger partial charge in [-0.1, -0.05) is 23.8 Å². The molecule has 0 aromatic heterocycles. The highest BCUT2D eigenvalue weighted by Gasteiger charge is 2.20. The van der Waals surface area contributed by atoms with Crippen molar-refractivity contribution < 1.29 is 8.78 Å². The Morgan fingerprint density at radius 1 is 1.00 bits per heavy atom. The van der Waals surface area contributed by atoms with Crippen molar-refractivity contribution in [1.82, 2.24) is 5.32 Å². The van der Waals surface area contributed by atoms with Gasteiger partial charge in [-0.2, -0.15) is 0 Å². The molecule has 1 atom stereocenters. The molecule has 0 saturated carbocycles. The van der Waals surface area contributed by atoms with Crippen molar-refractivity contribution in [2.24, 2.45) is 0 Å². The van der Waals surface area contributed by atoms with E-state index in [2.05, 4.69) is 24.4 Å². The van der Waals surface area contributed by atoms with E-state index in [9.17, 15) is 8.78 Å².